The Bertz CT molecular complexity index is 683. The number of sulfonamides is 1. The predicted octanol–water partition coefficient (Wildman–Crippen LogP) is 1.40. The quantitative estimate of drug-likeness (QED) is 0.667. The predicted molar refractivity (Wildman–Crippen MR) is 75.1 cm³/mol. The van der Waals surface area contributed by atoms with Crippen LogP contribution >= 0.6 is 0 Å². The van der Waals surface area contributed by atoms with Crippen LogP contribution in [-0.4, -0.2) is 26.7 Å². The van der Waals surface area contributed by atoms with Crippen molar-refractivity contribution in [2.45, 2.75) is 4.90 Å². The van der Waals surface area contributed by atoms with Crippen LogP contribution in [0.1, 0.15) is 5.56 Å². The van der Waals surface area contributed by atoms with Crippen LogP contribution < -0.4 is 9.57 Å². The number of nitrogens with one attached hydrogen (secondary N) is 1. The Kier molecular flexibility index (Phi) is 4.31. The fraction of sp³-hybridized carbons (Fsp3) is 0.0769. The first-order valence-electron chi connectivity index (χ1n) is 5.71. The van der Waals surface area contributed by atoms with E-state index in [-0.39, 0.29) is 4.90 Å². The molecule has 0 radical (unpaired) electrons. The lowest BCUT2D eigenvalue weighted by Crippen LogP contribution is -2.18. The molecule has 0 amide bonds. The lowest BCUT2D eigenvalue weighted by atomic mass is 10.3. The molecule has 0 fully saturated rings. The number of hydrogen-bond acceptors (Lipinski definition) is 5. The molecule has 0 aliphatic heterocycles. The van der Waals surface area contributed by atoms with Gasteiger partial charge in [-0.1, -0.05) is 0 Å². The van der Waals surface area contributed by atoms with Gasteiger partial charge < -0.3 is 4.74 Å². The van der Waals surface area contributed by atoms with Gasteiger partial charge in [-0.25, -0.2) is 4.83 Å². The van der Waals surface area contributed by atoms with Crippen LogP contribution in [0, 0.1) is 0 Å². The first-order valence-corrected chi connectivity index (χ1v) is 7.19. The van der Waals surface area contributed by atoms with Gasteiger partial charge >= 0.3 is 0 Å². The maximum Gasteiger partial charge on any atom is 0.276 e. The normalized spacial score (nSPS) is 11.4. The second-order valence-corrected chi connectivity index (χ2v) is 5.47. The Morgan fingerprint density at radius 3 is 2.40 bits per heavy atom. The fourth-order valence-corrected chi connectivity index (χ4v) is 2.22. The van der Waals surface area contributed by atoms with Crippen molar-refractivity contribution in [2.24, 2.45) is 5.10 Å². The molecule has 0 saturated heterocycles. The zero-order valence-electron chi connectivity index (χ0n) is 10.7. The van der Waals surface area contributed by atoms with E-state index in [2.05, 4.69) is 14.9 Å². The highest BCUT2D eigenvalue weighted by Crippen LogP contribution is 2.15. The van der Waals surface area contributed by atoms with Crippen molar-refractivity contribution >= 4 is 16.2 Å². The van der Waals surface area contributed by atoms with Crippen LogP contribution in [0.3, 0.4) is 0 Å². The van der Waals surface area contributed by atoms with Crippen molar-refractivity contribution in [3.8, 4) is 5.75 Å². The van der Waals surface area contributed by atoms with Crippen LogP contribution in [-0.2, 0) is 10.0 Å². The number of benzene rings is 1. The highest BCUT2D eigenvalue weighted by atomic mass is 32.2. The second-order valence-electron chi connectivity index (χ2n) is 3.81. The number of methoxy groups -OCH3 is 1. The molecule has 0 bridgehead atoms. The molecule has 0 aliphatic carbocycles. The van der Waals surface area contributed by atoms with Gasteiger partial charge in [0.25, 0.3) is 10.0 Å². The molecule has 20 heavy (non-hydrogen) atoms. The Balaban J connectivity index is 2.09. The van der Waals surface area contributed by atoms with Crippen LogP contribution in [0.4, 0.5) is 0 Å². The van der Waals surface area contributed by atoms with Gasteiger partial charge in [-0.05, 0) is 42.0 Å². The maximum absolute atomic E-state index is 11.9. The summed E-state index contributed by atoms with van der Waals surface area (Å²) in [5.74, 6) is 0.587. The van der Waals surface area contributed by atoms with Crippen molar-refractivity contribution in [3.63, 3.8) is 0 Å². The Labute approximate surface area is 117 Å². The summed E-state index contributed by atoms with van der Waals surface area (Å²) in [5, 5.41) is 3.71. The summed E-state index contributed by atoms with van der Waals surface area (Å²) in [7, 11) is -2.16. The molecule has 1 aromatic heterocycles. The molecule has 7 heteroatoms. The van der Waals surface area contributed by atoms with Gasteiger partial charge in [0.05, 0.1) is 18.2 Å². The van der Waals surface area contributed by atoms with Gasteiger partial charge in [-0.2, -0.15) is 13.5 Å². The Morgan fingerprint density at radius 1 is 1.15 bits per heavy atom. The minimum atomic E-state index is -3.67. The van der Waals surface area contributed by atoms with E-state index < -0.39 is 10.0 Å². The zero-order chi connectivity index (χ0) is 14.4. The van der Waals surface area contributed by atoms with Gasteiger partial charge in [-0.3, -0.25) is 4.98 Å². The molecule has 1 heterocycles. The van der Waals surface area contributed by atoms with E-state index in [0.717, 1.165) is 5.56 Å². The van der Waals surface area contributed by atoms with Crippen molar-refractivity contribution in [1.82, 2.24) is 9.82 Å². The zero-order valence-corrected chi connectivity index (χ0v) is 11.5. The van der Waals surface area contributed by atoms with Gasteiger partial charge in [0.1, 0.15) is 5.75 Å². The summed E-state index contributed by atoms with van der Waals surface area (Å²) in [6, 6.07) is 9.46. The topological polar surface area (TPSA) is 80.7 Å². The summed E-state index contributed by atoms with van der Waals surface area (Å²) >= 11 is 0. The largest absolute Gasteiger partial charge is 0.497 e. The number of rotatable bonds is 5. The average Bonchev–Trinajstić information content (AvgIpc) is 2.48. The molecular weight excluding hydrogens is 278 g/mol. The third-order valence-corrected chi connectivity index (χ3v) is 3.70. The molecule has 0 atom stereocenters. The molecule has 0 unspecified atom stereocenters. The smallest absolute Gasteiger partial charge is 0.276 e. The number of hydrazone groups is 1. The third kappa shape index (κ3) is 3.55. The summed E-state index contributed by atoms with van der Waals surface area (Å²) < 4.78 is 28.9. The standard InChI is InChI=1S/C13H13N3O3S/c1-19-12-2-4-13(5-3-12)20(17,18)16-15-10-11-6-8-14-9-7-11/h2-10,16H,1H3/b15-10+. The monoisotopic (exact) mass is 291 g/mol. The van der Waals surface area contributed by atoms with Crippen LogP contribution in [0.5, 0.6) is 5.75 Å². The summed E-state index contributed by atoms with van der Waals surface area (Å²) in [5.41, 5.74) is 0.748. The van der Waals surface area contributed by atoms with Gasteiger partial charge in [0, 0.05) is 12.4 Å². The van der Waals surface area contributed by atoms with E-state index in [0.29, 0.717) is 5.75 Å². The first-order chi connectivity index (χ1) is 9.62. The molecule has 2 rings (SSSR count). The van der Waals surface area contributed by atoms with Crippen LogP contribution in [0.25, 0.3) is 0 Å². The molecule has 6 nitrogen and oxygen atoms in total. The van der Waals surface area contributed by atoms with E-state index in [1.54, 1.807) is 36.7 Å². The number of ether oxygens (including phenoxy) is 1. The highest BCUT2D eigenvalue weighted by Gasteiger charge is 2.12. The van der Waals surface area contributed by atoms with Crippen molar-refractivity contribution in [3.05, 3.63) is 54.4 Å². The van der Waals surface area contributed by atoms with E-state index in [1.165, 1.54) is 25.5 Å². The number of pyridine rings is 1. The Morgan fingerprint density at radius 2 is 1.80 bits per heavy atom. The number of hydrogen-bond donors (Lipinski definition) is 1. The SMILES string of the molecule is COc1ccc(S(=O)(=O)N/N=C/c2ccncc2)cc1. The summed E-state index contributed by atoms with van der Waals surface area (Å²) in [6.45, 7) is 0. The first kappa shape index (κ1) is 14.0. The highest BCUT2D eigenvalue weighted by molar-refractivity contribution is 7.89. The van der Waals surface area contributed by atoms with E-state index >= 15 is 0 Å². The third-order valence-electron chi connectivity index (χ3n) is 2.46. The maximum atomic E-state index is 11.9. The summed E-state index contributed by atoms with van der Waals surface area (Å²) in [6.07, 6.45) is 4.60. The number of aromatic nitrogens is 1. The van der Waals surface area contributed by atoms with Crippen molar-refractivity contribution in [2.75, 3.05) is 7.11 Å². The molecule has 1 aromatic carbocycles. The number of nitrogens with zero attached hydrogens (tertiary/aromatic N) is 2. The van der Waals surface area contributed by atoms with E-state index in [9.17, 15) is 8.42 Å². The second kappa shape index (κ2) is 6.16. The minimum Gasteiger partial charge on any atom is -0.497 e. The van der Waals surface area contributed by atoms with E-state index in [1.807, 2.05) is 0 Å². The molecule has 0 aliphatic rings. The molecular formula is C13H13N3O3S. The molecule has 2 aromatic rings. The molecule has 1 N–H and O–H groups in total. The van der Waals surface area contributed by atoms with Crippen LogP contribution in [0.2, 0.25) is 0 Å². The van der Waals surface area contributed by atoms with Crippen LogP contribution in [0.15, 0.2) is 58.8 Å². The van der Waals surface area contributed by atoms with Gasteiger partial charge in [-0.15, -0.1) is 0 Å². The lowest BCUT2D eigenvalue weighted by molar-refractivity contribution is 0.414. The average molecular weight is 291 g/mol. The van der Waals surface area contributed by atoms with Gasteiger partial charge in [0.2, 0.25) is 0 Å². The van der Waals surface area contributed by atoms with E-state index in [4.69, 9.17) is 4.74 Å². The molecule has 0 saturated carbocycles. The Hall–Kier alpha value is -2.41. The minimum absolute atomic E-state index is 0.116. The fourth-order valence-electron chi connectivity index (χ4n) is 1.43. The molecule has 104 valence electrons. The molecule has 0 spiro atoms. The van der Waals surface area contributed by atoms with Crippen molar-refractivity contribution < 1.29 is 13.2 Å². The van der Waals surface area contributed by atoms with Crippen molar-refractivity contribution in [1.29, 1.82) is 0 Å². The lowest BCUT2D eigenvalue weighted by Gasteiger charge is -2.04. The van der Waals surface area contributed by atoms with Gasteiger partial charge in [0.15, 0.2) is 0 Å². The summed E-state index contributed by atoms with van der Waals surface area (Å²) in [4.78, 5) is 6.11.